The number of rotatable bonds is 8. The van der Waals surface area contributed by atoms with Gasteiger partial charge in [-0.1, -0.05) is 6.92 Å². The zero-order valence-electron chi connectivity index (χ0n) is 12.9. The van der Waals surface area contributed by atoms with Gasteiger partial charge in [0.1, 0.15) is 0 Å². The average Bonchev–Trinajstić information content (AvgIpc) is 2.67. The Labute approximate surface area is 121 Å². The molecule has 20 heavy (non-hydrogen) atoms. The minimum Gasteiger partial charge on any atom is -0.383 e. The molecule has 0 aliphatic heterocycles. The van der Waals surface area contributed by atoms with E-state index in [-0.39, 0.29) is 4.90 Å². The summed E-state index contributed by atoms with van der Waals surface area (Å²) < 4.78 is 34.2. The first-order valence-corrected chi connectivity index (χ1v) is 8.09. The second-order valence-electron chi connectivity index (χ2n) is 5.48. The third-order valence-electron chi connectivity index (χ3n) is 2.87. The van der Waals surface area contributed by atoms with Crippen molar-refractivity contribution < 1.29 is 13.2 Å². The Balaban J connectivity index is 2.93. The van der Waals surface area contributed by atoms with E-state index in [1.165, 1.54) is 0 Å². The number of aryl methyl sites for hydroxylation is 1. The third-order valence-corrected chi connectivity index (χ3v) is 4.53. The number of aromatic nitrogens is 1. The largest absolute Gasteiger partial charge is 0.383 e. The summed E-state index contributed by atoms with van der Waals surface area (Å²) >= 11 is 0. The van der Waals surface area contributed by atoms with Crippen LogP contribution in [-0.2, 0) is 28.4 Å². The van der Waals surface area contributed by atoms with Crippen LogP contribution in [0.4, 0.5) is 0 Å². The van der Waals surface area contributed by atoms with Crippen LogP contribution in [0, 0.1) is 0 Å². The van der Waals surface area contributed by atoms with Gasteiger partial charge in [0, 0.05) is 32.6 Å². The Kier molecular flexibility index (Phi) is 5.76. The molecule has 0 aromatic carbocycles. The van der Waals surface area contributed by atoms with Crippen LogP contribution in [0.3, 0.4) is 0 Å². The highest BCUT2D eigenvalue weighted by Crippen LogP contribution is 2.16. The quantitative estimate of drug-likeness (QED) is 0.746. The second-order valence-corrected chi connectivity index (χ2v) is 7.16. The lowest BCUT2D eigenvalue weighted by molar-refractivity contribution is 0.141. The predicted octanol–water partition coefficient (Wildman–Crippen LogP) is 0.838. The maximum absolute atomic E-state index is 12.4. The SMILES string of the molecule is CCNCc1cc(S(=O)(=O)NC(C)(C)COC)cn1C. The average molecular weight is 303 g/mol. The Bertz CT molecular complexity index is 535. The van der Waals surface area contributed by atoms with Gasteiger partial charge in [-0.15, -0.1) is 0 Å². The minimum absolute atomic E-state index is 0.275. The molecule has 1 aromatic heterocycles. The highest BCUT2D eigenvalue weighted by atomic mass is 32.2. The molecule has 116 valence electrons. The highest BCUT2D eigenvalue weighted by Gasteiger charge is 2.27. The van der Waals surface area contributed by atoms with Crippen LogP contribution in [0.5, 0.6) is 0 Å². The zero-order valence-corrected chi connectivity index (χ0v) is 13.7. The number of ether oxygens (including phenoxy) is 1. The van der Waals surface area contributed by atoms with Crippen molar-refractivity contribution in [2.24, 2.45) is 7.05 Å². The summed E-state index contributed by atoms with van der Waals surface area (Å²) in [6, 6.07) is 1.69. The van der Waals surface area contributed by atoms with Gasteiger partial charge in [-0.2, -0.15) is 0 Å². The van der Waals surface area contributed by atoms with Crippen LogP contribution < -0.4 is 10.0 Å². The normalized spacial score (nSPS) is 12.8. The van der Waals surface area contributed by atoms with E-state index in [0.29, 0.717) is 13.2 Å². The highest BCUT2D eigenvalue weighted by molar-refractivity contribution is 7.89. The van der Waals surface area contributed by atoms with Crippen molar-refractivity contribution >= 4 is 10.0 Å². The summed E-state index contributed by atoms with van der Waals surface area (Å²) in [6.07, 6.45) is 1.62. The number of sulfonamides is 1. The molecule has 0 amide bonds. The van der Waals surface area contributed by atoms with Gasteiger partial charge in [0.25, 0.3) is 0 Å². The van der Waals surface area contributed by atoms with Crippen LogP contribution in [-0.4, -0.2) is 38.8 Å². The molecule has 0 aliphatic rings. The number of methoxy groups -OCH3 is 1. The second kappa shape index (κ2) is 6.71. The van der Waals surface area contributed by atoms with Crippen molar-refractivity contribution in [3.8, 4) is 0 Å². The lowest BCUT2D eigenvalue weighted by Crippen LogP contribution is -2.46. The fraction of sp³-hybridized carbons (Fsp3) is 0.692. The van der Waals surface area contributed by atoms with Crippen molar-refractivity contribution in [2.45, 2.75) is 37.8 Å². The molecular formula is C13H25N3O3S. The number of nitrogens with one attached hydrogen (secondary N) is 2. The molecule has 0 spiro atoms. The number of hydrogen-bond acceptors (Lipinski definition) is 4. The molecular weight excluding hydrogens is 278 g/mol. The smallest absolute Gasteiger partial charge is 0.242 e. The molecule has 1 aromatic rings. The van der Waals surface area contributed by atoms with Gasteiger partial charge < -0.3 is 14.6 Å². The van der Waals surface area contributed by atoms with E-state index in [1.807, 2.05) is 18.5 Å². The van der Waals surface area contributed by atoms with Gasteiger partial charge in [0.15, 0.2) is 0 Å². The van der Waals surface area contributed by atoms with Gasteiger partial charge in [0.2, 0.25) is 10.0 Å². The number of nitrogens with zero attached hydrogens (tertiary/aromatic N) is 1. The van der Waals surface area contributed by atoms with Crippen molar-refractivity contribution in [3.05, 3.63) is 18.0 Å². The molecule has 0 unspecified atom stereocenters. The predicted molar refractivity (Wildman–Crippen MR) is 79.1 cm³/mol. The van der Waals surface area contributed by atoms with E-state index < -0.39 is 15.6 Å². The van der Waals surface area contributed by atoms with Crippen molar-refractivity contribution in [1.29, 1.82) is 0 Å². The Morgan fingerprint density at radius 2 is 2.05 bits per heavy atom. The van der Waals surface area contributed by atoms with Gasteiger partial charge in [-0.25, -0.2) is 13.1 Å². The van der Waals surface area contributed by atoms with Crippen LogP contribution in [0.15, 0.2) is 17.2 Å². The topological polar surface area (TPSA) is 72.4 Å². The van der Waals surface area contributed by atoms with Crippen LogP contribution in [0.2, 0.25) is 0 Å². The van der Waals surface area contributed by atoms with Crippen molar-refractivity contribution in [2.75, 3.05) is 20.3 Å². The van der Waals surface area contributed by atoms with Crippen LogP contribution >= 0.6 is 0 Å². The maximum atomic E-state index is 12.4. The fourth-order valence-corrected chi connectivity index (χ4v) is 3.46. The first-order valence-electron chi connectivity index (χ1n) is 6.60. The molecule has 1 heterocycles. The molecule has 0 aliphatic carbocycles. The van der Waals surface area contributed by atoms with Crippen molar-refractivity contribution in [3.63, 3.8) is 0 Å². The zero-order chi connectivity index (χ0) is 15.4. The lowest BCUT2D eigenvalue weighted by Gasteiger charge is -2.24. The molecule has 0 saturated heterocycles. The Morgan fingerprint density at radius 3 is 2.60 bits per heavy atom. The third kappa shape index (κ3) is 4.59. The van der Waals surface area contributed by atoms with Crippen LogP contribution in [0.1, 0.15) is 26.5 Å². The standard InChI is InChI=1S/C13H25N3O3S/c1-6-14-8-11-7-12(9-16(11)4)20(17,18)15-13(2,3)10-19-5/h7,9,14-15H,6,8,10H2,1-5H3. The summed E-state index contributed by atoms with van der Waals surface area (Å²) in [7, 11) is -0.157. The minimum atomic E-state index is -3.55. The molecule has 0 saturated carbocycles. The van der Waals surface area contributed by atoms with E-state index in [9.17, 15) is 8.42 Å². The van der Waals surface area contributed by atoms with E-state index in [1.54, 1.807) is 33.2 Å². The summed E-state index contributed by atoms with van der Waals surface area (Å²) in [5.41, 5.74) is 0.280. The summed E-state index contributed by atoms with van der Waals surface area (Å²) in [5, 5.41) is 3.18. The summed E-state index contributed by atoms with van der Waals surface area (Å²) in [4.78, 5) is 0.275. The van der Waals surface area contributed by atoms with Crippen LogP contribution in [0.25, 0.3) is 0 Å². The molecule has 2 N–H and O–H groups in total. The molecule has 0 fully saturated rings. The summed E-state index contributed by atoms with van der Waals surface area (Å²) in [6.45, 7) is 7.38. The molecule has 0 radical (unpaired) electrons. The van der Waals surface area contributed by atoms with Gasteiger partial charge in [0.05, 0.1) is 17.0 Å². The lowest BCUT2D eigenvalue weighted by atomic mass is 10.1. The first kappa shape index (κ1) is 17.2. The van der Waals surface area contributed by atoms with Gasteiger partial charge in [-0.05, 0) is 26.5 Å². The monoisotopic (exact) mass is 303 g/mol. The Morgan fingerprint density at radius 1 is 1.40 bits per heavy atom. The molecule has 1 rings (SSSR count). The molecule has 0 atom stereocenters. The first-order chi connectivity index (χ1) is 9.22. The summed E-state index contributed by atoms with van der Waals surface area (Å²) in [5.74, 6) is 0. The molecule has 0 bridgehead atoms. The van der Waals surface area contributed by atoms with E-state index in [4.69, 9.17) is 4.74 Å². The Hall–Kier alpha value is -0.890. The fourth-order valence-electron chi connectivity index (χ4n) is 1.97. The molecule has 6 nitrogen and oxygen atoms in total. The van der Waals surface area contributed by atoms with E-state index in [2.05, 4.69) is 10.0 Å². The van der Waals surface area contributed by atoms with E-state index in [0.717, 1.165) is 12.2 Å². The molecule has 7 heteroatoms. The number of hydrogen-bond donors (Lipinski definition) is 2. The van der Waals surface area contributed by atoms with Gasteiger partial charge in [-0.3, -0.25) is 0 Å². The van der Waals surface area contributed by atoms with E-state index >= 15 is 0 Å². The van der Waals surface area contributed by atoms with Crippen molar-refractivity contribution in [1.82, 2.24) is 14.6 Å². The maximum Gasteiger partial charge on any atom is 0.242 e. The van der Waals surface area contributed by atoms with Gasteiger partial charge >= 0.3 is 0 Å².